The molecular formula is C22H20N6O. The van der Waals surface area contributed by atoms with Gasteiger partial charge in [0.15, 0.2) is 0 Å². The average molecular weight is 384 g/mol. The van der Waals surface area contributed by atoms with E-state index in [0.717, 1.165) is 30.3 Å². The van der Waals surface area contributed by atoms with Crippen molar-refractivity contribution >= 4 is 23.1 Å². The van der Waals surface area contributed by atoms with Gasteiger partial charge in [-0.15, -0.1) is 0 Å². The SMILES string of the molecule is N#Cc1ccc(Nc2cncc(C(=O)N3CCN(c4ccccn4)CC3)c2)cc1. The van der Waals surface area contributed by atoms with Crippen molar-refractivity contribution in [2.75, 3.05) is 36.4 Å². The predicted octanol–water partition coefficient (Wildman–Crippen LogP) is 3.05. The van der Waals surface area contributed by atoms with E-state index in [1.165, 1.54) is 0 Å². The minimum atomic E-state index is -0.0263. The van der Waals surface area contributed by atoms with Gasteiger partial charge in [-0.05, 0) is 42.5 Å². The summed E-state index contributed by atoms with van der Waals surface area (Å²) < 4.78 is 0. The molecule has 1 amide bonds. The van der Waals surface area contributed by atoms with Crippen LogP contribution < -0.4 is 10.2 Å². The van der Waals surface area contributed by atoms with Crippen LogP contribution in [0, 0.1) is 11.3 Å². The number of nitrogens with one attached hydrogen (secondary N) is 1. The summed E-state index contributed by atoms with van der Waals surface area (Å²) in [5.41, 5.74) is 2.71. The van der Waals surface area contributed by atoms with Gasteiger partial charge >= 0.3 is 0 Å². The molecule has 0 unspecified atom stereocenters. The van der Waals surface area contributed by atoms with Crippen LogP contribution in [0.1, 0.15) is 15.9 Å². The Kier molecular flexibility index (Phi) is 5.34. The molecule has 0 bridgehead atoms. The fourth-order valence-electron chi connectivity index (χ4n) is 3.28. The van der Waals surface area contributed by atoms with Gasteiger partial charge in [0.05, 0.1) is 29.1 Å². The molecule has 0 atom stereocenters. The number of aromatic nitrogens is 2. The lowest BCUT2D eigenvalue weighted by atomic mass is 10.2. The molecule has 4 rings (SSSR count). The van der Waals surface area contributed by atoms with Gasteiger partial charge in [0.25, 0.3) is 5.91 Å². The number of amides is 1. The fourth-order valence-corrected chi connectivity index (χ4v) is 3.28. The van der Waals surface area contributed by atoms with E-state index < -0.39 is 0 Å². The van der Waals surface area contributed by atoms with E-state index in [-0.39, 0.29) is 5.91 Å². The second kappa shape index (κ2) is 8.40. The maximum atomic E-state index is 12.9. The summed E-state index contributed by atoms with van der Waals surface area (Å²) in [6, 6.07) is 16.9. The summed E-state index contributed by atoms with van der Waals surface area (Å²) in [6.07, 6.45) is 5.05. The molecule has 1 aliphatic rings. The monoisotopic (exact) mass is 384 g/mol. The van der Waals surface area contributed by atoms with Gasteiger partial charge in [-0.2, -0.15) is 5.26 Å². The molecule has 144 valence electrons. The minimum absolute atomic E-state index is 0.0263. The van der Waals surface area contributed by atoms with E-state index in [1.807, 2.05) is 35.2 Å². The van der Waals surface area contributed by atoms with Crippen molar-refractivity contribution in [3.8, 4) is 6.07 Å². The van der Waals surface area contributed by atoms with Crippen LogP contribution in [0.4, 0.5) is 17.2 Å². The zero-order chi connectivity index (χ0) is 20.1. The highest BCUT2D eigenvalue weighted by Gasteiger charge is 2.23. The number of hydrogen-bond donors (Lipinski definition) is 1. The van der Waals surface area contributed by atoms with Crippen LogP contribution in [0.25, 0.3) is 0 Å². The summed E-state index contributed by atoms with van der Waals surface area (Å²) in [5, 5.41) is 12.1. The average Bonchev–Trinajstić information content (AvgIpc) is 2.80. The van der Waals surface area contributed by atoms with Crippen LogP contribution in [-0.2, 0) is 0 Å². The molecule has 0 aliphatic carbocycles. The van der Waals surface area contributed by atoms with Gasteiger partial charge in [-0.3, -0.25) is 9.78 Å². The summed E-state index contributed by atoms with van der Waals surface area (Å²) in [4.78, 5) is 25.5. The number of nitriles is 1. The zero-order valence-electron chi connectivity index (χ0n) is 15.8. The molecular weight excluding hydrogens is 364 g/mol. The number of hydrogen-bond acceptors (Lipinski definition) is 6. The number of pyridine rings is 2. The quantitative estimate of drug-likeness (QED) is 0.744. The van der Waals surface area contributed by atoms with Crippen LogP contribution in [-0.4, -0.2) is 47.0 Å². The molecule has 7 nitrogen and oxygen atoms in total. The Balaban J connectivity index is 1.40. The number of anilines is 3. The van der Waals surface area contributed by atoms with Crippen LogP contribution in [0.2, 0.25) is 0 Å². The smallest absolute Gasteiger partial charge is 0.255 e. The number of piperazine rings is 1. The summed E-state index contributed by atoms with van der Waals surface area (Å²) in [5.74, 6) is 0.913. The van der Waals surface area contributed by atoms with Crippen molar-refractivity contribution in [3.63, 3.8) is 0 Å². The number of carbonyl (C=O) groups is 1. The number of carbonyl (C=O) groups excluding carboxylic acids is 1. The van der Waals surface area contributed by atoms with Crippen molar-refractivity contribution in [2.24, 2.45) is 0 Å². The van der Waals surface area contributed by atoms with Crippen LogP contribution in [0.3, 0.4) is 0 Å². The first-order valence-electron chi connectivity index (χ1n) is 9.40. The molecule has 0 spiro atoms. The lowest BCUT2D eigenvalue weighted by molar-refractivity contribution is 0.0746. The molecule has 0 saturated carbocycles. The highest BCUT2D eigenvalue weighted by molar-refractivity contribution is 5.95. The van der Waals surface area contributed by atoms with Gasteiger partial charge in [0.2, 0.25) is 0 Å². The van der Waals surface area contributed by atoms with Crippen LogP contribution in [0.5, 0.6) is 0 Å². The molecule has 1 aromatic carbocycles. The van der Waals surface area contributed by atoms with Crippen molar-refractivity contribution < 1.29 is 4.79 Å². The second-order valence-electron chi connectivity index (χ2n) is 6.74. The van der Waals surface area contributed by atoms with E-state index in [4.69, 9.17) is 5.26 Å². The molecule has 3 aromatic rings. The van der Waals surface area contributed by atoms with Crippen molar-refractivity contribution in [2.45, 2.75) is 0 Å². The molecule has 1 saturated heterocycles. The first-order chi connectivity index (χ1) is 14.2. The first kappa shape index (κ1) is 18.4. The number of nitrogens with zero attached hydrogens (tertiary/aromatic N) is 5. The van der Waals surface area contributed by atoms with E-state index >= 15 is 0 Å². The minimum Gasteiger partial charge on any atom is -0.354 e. The van der Waals surface area contributed by atoms with Crippen LogP contribution >= 0.6 is 0 Å². The Morgan fingerprint density at radius 1 is 1.00 bits per heavy atom. The van der Waals surface area contributed by atoms with Crippen LogP contribution in [0.15, 0.2) is 67.1 Å². The van der Waals surface area contributed by atoms with Gasteiger partial charge in [0, 0.05) is 44.3 Å². The van der Waals surface area contributed by atoms with E-state index in [0.29, 0.717) is 24.2 Å². The topological polar surface area (TPSA) is 85.1 Å². The molecule has 29 heavy (non-hydrogen) atoms. The first-order valence-corrected chi connectivity index (χ1v) is 9.40. The molecule has 1 N–H and O–H groups in total. The molecule has 2 aromatic heterocycles. The molecule has 3 heterocycles. The van der Waals surface area contributed by atoms with Gasteiger partial charge < -0.3 is 15.1 Å². The van der Waals surface area contributed by atoms with Gasteiger partial charge in [-0.25, -0.2) is 4.98 Å². The number of rotatable bonds is 4. The summed E-state index contributed by atoms with van der Waals surface area (Å²) in [6.45, 7) is 2.78. The third kappa shape index (κ3) is 4.33. The Bertz CT molecular complexity index is 1020. The summed E-state index contributed by atoms with van der Waals surface area (Å²) in [7, 11) is 0. The predicted molar refractivity (Wildman–Crippen MR) is 111 cm³/mol. The second-order valence-corrected chi connectivity index (χ2v) is 6.74. The van der Waals surface area contributed by atoms with Gasteiger partial charge in [-0.1, -0.05) is 6.07 Å². The van der Waals surface area contributed by atoms with Crippen molar-refractivity contribution in [1.29, 1.82) is 5.26 Å². The molecule has 0 radical (unpaired) electrons. The zero-order valence-corrected chi connectivity index (χ0v) is 15.8. The molecule has 7 heteroatoms. The third-order valence-corrected chi connectivity index (χ3v) is 4.83. The highest BCUT2D eigenvalue weighted by Crippen LogP contribution is 2.19. The standard InChI is InChI=1S/C22H20N6O/c23-14-17-4-6-19(7-5-17)26-20-13-18(15-24-16-20)22(29)28-11-9-27(10-12-28)21-3-1-2-8-25-21/h1-8,13,15-16,26H,9-12H2. The lowest BCUT2D eigenvalue weighted by Crippen LogP contribution is -2.49. The Morgan fingerprint density at radius 2 is 1.79 bits per heavy atom. The normalized spacial score (nSPS) is 13.6. The molecule has 1 aliphatic heterocycles. The Hall–Kier alpha value is -3.92. The largest absolute Gasteiger partial charge is 0.354 e. The van der Waals surface area contributed by atoms with Crippen molar-refractivity contribution in [1.82, 2.24) is 14.9 Å². The van der Waals surface area contributed by atoms with E-state index in [1.54, 1.807) is 36.8 Å². The highest BCUT2D eigenvalue weighted by atomic mass is 16.2. The number of benzene rings is 1. The Morgan fingerprint density at radius 3 is 2.48 bits per heavy atom. The summed E-state index contributed by atoms with van der Waals surface area (Å²) >= 11 is 0. The van der Waals surface area contributed by atoms with Gasteiger partial charge in [0.1, 0.15) is 5.82 Å². The fraction of sp³-hybridized carbons (Fsp3) is 0.182. The lowest BCUT2D eigenvalue weighted by Gasteiger charge is -2.35. The van der Waals surface area contributed by atoms with E-state index in [2.05, 4.69) is 26.3 Å². The van der Waals surface area contributed by atoms with E-state index in [9.17, 15) is 4.79 Å². The Labute approximate surface area is 169 Å². The maximum absolute atomic E-state index is 12.9. The third-order valence-electron chi connectivity index (χ3n) is 4.83. The van der Waals surface area contributed by atoms with Crippen molar-refractivity contribution in [3.05, 3.63) is 78.2 Å². The maximum Gasteiger partial charge on any atom is 0.255 e. The molecule has 1 fully saturated rings.